The molecule has 0 fully saturated rings. The molecular weight excluding hydrogens is 252 g/mol. The topological polar surface area (TPSA) is 55.1 Å². The van der Waals surface area contributed by atoms with E-state index in [0.717, 1.165) is 16.8 Å². The number of aromatic carboxylic acids is 1. The first kappa shape index (κ1) is 14.3. The molecule has 2 aromatic rings. The van der Waals surface area contributed by atoms with Crippen molar-refractivity contribution in [3.8, 4) is 11.3 Å². The summed E-state index contributed by atoms with van der Waals surface area (Å²) in [5.41, 5.74) is 5.47. The van der Waals surface area contributed by atoms with Crippen LogP contribution in [0.3, 0.4) is 0 Å². The van der Waals surface area contributed by atoms with Gasteiger partial charge in [-0.2, -0.15) is 5.10 Å². The lowest BCUT2D eigenvalue weighted by molar-refractivity contribution is 0.0681. The zero-order valence-electron chi connectivity index (χ0n) is 12.6. The fraction of sp³-hybridized carbons (Fsp3) is 0.375. The second-order valence-electron chi connectivity index (χ2n) is 5.51. The van der Waals surface area contributed by atoms with E-state index in [-0.39, 0.29) is 11.7 Å². The molecule has 4 heteroatoms. The lowest BCUT2D eigenvalue weighted by Crippen LogP contribution is -2.11. The molecule has 0 aliphatic heterocycles. The van der Waals surface area contributed by atoms with Crippen molar-refractivity contribution in [2.45, 2.75) is 40.7 Å². The largest absolute Gasteiger partial charge is 0.477 e. The fourth-order valence-corrected chi connectivity index (χ4v) is 2.32. The molecule has 4 nitrogen and oxygen atoms in total. The quantitative estimate of drug-likeness (QED) is 0.925. The molecule has 0 spiro atoms. The van der Waals surface area contributed by atoms with E-state index in [1.54, 1.807) is 10.7 Å². The lowest BCUT2D eigenvalue weighted by atomic mass is 9.99. The summed E-state index contributed by atoms with van der Waals surface area (Å²) in [7, 11) is 0. The molecule has 1 aromatic carbocycles. The Hall–Kier alpha value is -2.10. The normalized spacial score (nSPS) is 11.1. The molecule has 106 valence electrons. The molecule has 0 radical (unpaired) electrons. The minimum atomic E-state index is -0.945. The van der Waals surface area contributed by atoms with Gasteiger partial charge in [-0.05, 0) is 63.4 Å². The molecule has 0 saturated carbocycles. The van der Waals surface area contributed by atoms with Gasteiger partial charge in [-0.15, -0.1) is 0 Å². The van der Waals surface area contributed by atoms with E-state index in [0.29, 0.717) is 0 Å². The Kier molecular flexibility index (Phi) is 3.66. The lowest BCUT2D eigenvalue weighted by Gasteiger charge is -2.09. The Bertz CT molecular complexity index is 669. The van der Waals surface area contributed by atoms with Gasteiger partial charge in [0.15, 0.2) is 0 Å². The number of rotatable bonds is 3. The van der Waals surface area contributed by atoms with Crippen molar-refractivity contribution in [3.63, 3.8) is 0 Å². The Morgan fingerprint density at radius 2 is 1.70 bits per heavy atom. The smallest absolute Gasteiger partial charge is 0.354 e. The second-order valence-corrected chi connectivity index (χ2v) is 5.51. The predicted molar refractivity (Wildman–Crippen MR) is 79.2 cm³/mol. The Morgan fingerprint density at radius 1 is 1.10 bits per heavy atom. The summed E-state index contributed by atoms with van der Waals surface area (Å²) >= 11 is 0. The molecular formula is C16H20N2O2. The van der Waals surface area contributed by atoms with Crippen LogP contribution in [0.2, 0.25) is 0 Å². The van der Waals surface area contributed by atoms with Crippen LogP contribution in [-0.2, 0) is 0 Å². The van der Waals surface area contributed by atoms with Crippen molar-refractivity contribution < 1.29 is 9.90 Å². The zero-order valence-corrected chi connectivity index (χ0v) is 12.6. The number of aromatic nitrogens is 2. The van der Waals surface area contributed by atoms with Crippen molar-refractivity contribution >= 4 is 5.97 Å². The molecule has 0 saturated heterocycles. The van der Waals surface area contributed by atoms with Gasteiger partial charge in [0.25, 0.3) is 0 Å². The van der Waals surface area contributed by atoms with Crippen LogP contribution in [0.25, 0.3) is 11.3 Å². The third kappa shape index (κ3) is 2.46. The van der Waals surface area contributed by atoms with E-state index in [1.807, 2.05) is 20.8 Å². The number of aryl methyl sites for hydroxylation is 3. The van der Waals surface area contributed by atoms with E-state index >= 15 is 0 Å². The van der Waals surface area contributed by atoms with Gasteiger partial charge in [-0.3, -0.25) is 4.68 Å². The number of carboxylic acids is 1. The van der Waals surface area contributed by atoms with E-state index in [1.165, 1.54) is 11.1 Å². The van der Waals surface area contributed by atoms with Crippen LogP contribution < -0.4 is 0 Å². The fourth-order valence-electron chi connectivity index (χ4n) is 2.32. The number of benzene rings is 1. The van der Waals surface area contributed by atoms with Gasteiger partial charge in [0.1, 0.15) is 5.69 Å². The molecule has 0 unspecified atom stereocenters. The highest BCUT2D eigenvalue weighted by Crippen LogP contribution is 2.27. The average molecular weight is 272 g/mol. The summed E-state index contributed by atoms with van der Waals surface area (Å²) in [6, 6.07) is 5.85. The standard InChI is InChI=1S/C16H20N2O2/c1-9(2)18-15(16(19)20)8-14(17-18)13-7-11(4)10(3)6-12(13)5/h6-9H,1-5H3,(H,19,20). The van der Waals surface area contributed by atoms with Crippen LogP contribution in [-0.4, -0.2) is 20.9 Å². The molecule has 0 amide bonds. The molecule has 0 aliphatic carbocycles. The number of carbonyl (C=O) groups is 1. The van der Waals surface area contributed by atoms with Crippen molar-refractivity contribution in [1.82, 2.24) is 9.78 Å². The summed E-state index contributed by atoms with van der Waals surface area (Å²) in [6.07, 6.45) is 0. The van der Waals surface area contributed by atoms with Gasteiger partial charge in [0.05, 0.1) is 5.69 Å². The monoisotopic (exact) mass is 272 g/mol. The zero-order chi connectivity index (χ0) is 15.0. The second kappa shape index (κ2) is 5.12. The van der Waals surface area contributed by atoms with E-state index in [9.17, 15) is 9.90 Å². The van der Waals surface area contributed by atoms with Crippen molar-refractivity contribution in [1.29, 1.82) is 0 Å². The molecule has 1 heterocycles. The maximum absolute atomic E-state index is 11.3. The Balaban J connectivity index is 2.62. The number of hydrogen-bond donors (Lipinski definition) is 1. The first-order valence-corrected chi connectivity index (χ1v) is 6.72. The Morgan fingerprint density at radius 3 is 2.20 bits per heavy atom. The maximum Gasteiger partial charge on any atom is 0.354 e. The molecule has 2 rings (SSSR count). The van der Waals surface area contributed by atoms with Gasteiger partial charge in [0.2, 0.25) is 0 Å². The highest BCUT2D eigenvalue weighted by molar-refractivity contribution is 5.87. The molecule has 0 atom stereocenters. The molecule has 0 aliphatic rings. The van der Waals surface area contributed by atoms with Gasteiger partial charge < -0.3 is 5.11 Å². The van der Waals surface area contributed by atoms with Gasteiger partial charge in [-0.1, -0.05) is 6.07 Å². The van der Waals surface area contributed by atoms with Gasteiger partial charge in [0, 0.05) is 11.6 Å². The van der Waals surface area contributed by atoms with Crippen LogP contribution in [0.4, 0.5) is 0 Å². The van der Waals surface area contributed by atoms with Crippen molar-refractivity contribution in [2.75, 3.05) is 0 Å². The van der Waals surface area contributed by atoms with Crippen LogP contribution >= 0.6 is 0 Å². The highest BCUT2D eigenvalue weighted by atomic mass is 16.4. The summed E-state index contributed by atoms with van der Waals surface area (Å²) in [5, 5.41) is 13.8. The summed E-state index contributed by atoms with van der Waals surface area (Å²) in [5.74, 6) is -0.945. The molecule has 1 aromatic heterocycles. The Labute approximate surface area is 119 Å². The van der Waals surface area contributed by atoms with Crippen LogP contribution in [0.5, 0.6) is 0 Å². The van der Waals surface area contributed by atoms with Crippen LogP contribution in [0.1, 0.15) is 47.1 Å². The van der Waals surface area contributed by atoms with Crippen molar-refractivity contribution in [3.05, 3.63) is 40.6 Å². The molecule has 20 heavy (non-hydrogen) atoms. The third-order valence-electron chi connectivity index (χ3n) is 3.56. The first-order chi connectivity index (χ1) is 9.31. The van der Waals surface area contributed by atoms with Gasteiger partial charge >= 0.3 is 5.97 Å². The predicted octanol–water partition coefficient (Wildman–Crippen LogP) is 3.75. The van der Waals surface area contributed by atoms with Gasteiger partial charge in [-0.25, -0.2) is 4.79 Å². The van der Waals surface area contributed by atoms with Crippen LogP contribution in [0.15, 0.2) is 18.2 Å². The summed E-state index contributed by atoms with van der Waals surface area (Å²) < 4.78 is 1.56. The highest BCUT2D eigenvalue weighted by Gasteiger charge is 2.18. The number of hydrogen-bond acceptors (Lipinski definition) is 2. The number of carboxylic acid groups (broad SMARTS) is 1. The van der Waals surface area contributed by atoms with E-state index in [4.69, 9.17) is 0 Å². The molecule has 1 N–H and O–H groups in total. The minimum Gasteiger partial charge on any atom is -0.477 e. The first-order valence-electron chi connectivity index (χ1n) is 6.72. The van der Waals surface area contributed by atoms with E-state index in [2.05, 4.69) is 31.1 Å². The SMILES string of the molecule is Cc1cc(C)c(-c2cc(C(=O)O)n(C(C)C)n2)cc1C. The van der Waals surface area contributed by atoms with Crippen molar-refractivity contribution in [2.24, 2.45) is 0 Å². The van der Waals surface area contributed by atoms with E-state index < -0.39 is 5.97 Å². The minimum absolute atomic E-state index is 0.0155. The average Bonchev–Trinajstić information content (AvgIpc) is 2.78. The van der Waals surface area contributed by atoms with Crippen LogP contribution in [0, 0.1) is 20.8 Å². The third-order valence-corrected chi connectivity index (χ3v) is 3.56. The number of nitrogens with zero attached hydrogens (tertiary/aromatic N) is 2. The maximum atomic E-state index is 11.3. The summed E-state index contributed by atoms with van der Waals surface area (Å²) in [6.45, 7) is 10.0. The summed E-state index contributed by atoms with van der Waals surface area (Å²) in [4.78, 5) is 11.3. The molecule has 0 bridgehead atoms.